The van der Waals surface area contributed by atoms with E-state index in [9.17, 15) is 9.59 Å². The second-order valence-corrected chi connectivity index (χ2v) is 8.91. The summed E-state index contributed by atoms with van der Waals surface area (Å²) < 4.78 is 7.47. The fourth-order valence-corrected chi connectivity index (χ4v) is 4.53. The van der Waals surface area contributed by atoms with Gasteiger partial charge in [-0.1, -0.05) is 60.7 Å². The molecule has 1 atom stereocenters. The van der Waals surface area contributed by atoms with Crippen LogP contribution in [0.5, 0.6) is 0 Å². The number of fused-ring (bicyclic) bond motifs is 2. The van der Waals surface area contributed by atoms with Gasteiger partial charge in [0.1, 0.15) is 18.5 Å². The molecule has 37 heavy (non-hydrogen) atoms. The number of alkyl carbamates (subject to hydrolysis) is 1. The second kappa shape index (κ2) is 11.0. The van der Waals surface area contributed by atoms with Crippen molar-refractivity contribution in [3.05, 3.63) is 102 Å². The molecule has 8 heteroatoms. The van der Waals surface area contributed by atoms with Crippen molar-refractivity contribution in [3.8, 4) is 0 Å². The lowest BCUT2D eigenvalue weighted by molar-refractivity contribution is -0.123. The molecule has 2 amide bonds. The van der Waals surface area contributed by atoms with Crippen LogP contribution < -0.4 is 10.6 Å². The standard InChI is InChI=1S/C29H29N5O3/c1-20-32-25-13-7-8-14-27(25)34(20)16-15-30-28(35)26(17-22-18-31-24-12-6-5-11-23(22)24)33-29(36)37-19-21-9-3-2-4-10-21/h2-14,18,26,31H,15-17,19H2,1H3,(H,30,35)(H,33,36)/t26-/m0/s1. The summed E-state index contributed by atoms with van der Waals surface area (Å²) in [7, 11) is 0. The molecule has 3 N–H and O–H groups in total. The third-order valence-corrected chi connectivity index (χ3v) is 6.40. The molecular formula is C29H29N5O3. The first-order valence-corrected chi connectivity index (χ1v) is 12.3. The van der Waals surface area contributed by atoms with Gasteiger partial charge in [-0.15, -0.1) is 0 Å². The molecule has 0 saturated heterocycles. The number of aryl methyl sites for hydroxylation is 1. The number of carbonyl (C=O) groups excluding carboxylic acids is 2. The zero-order chi connectivity index (χ0) is 25.6. The Hall–Kier alpha value is -4.59. The molecule has 3 aromatic carbocycles. The molecule has 5 aromatic rings. The van der Waals surface area contributed by atoms with Crippen molar-refractivity contribution in [2.75, 3.05) is 6.54 Å². The molecule has 0 radical (unpaired) electrons. The van der Waals surface area contributed by atoms with Crippen molar-refractivity contribution >= 4 is 33.9 Å². The molecule has 188 valence electrons. The molecule has 2 heterocycles. The second-order valence-electron chi connectivity index (χ2n) is 8.91. The van der Waals surface area contributed by atoms with E-state index in [1.54, 1.807) is 0 Å². The number of carbonyl (C=O) groups is 2. The van der Waals surface area contributed by atoms with Gasteiger partial charge in [0, 0.05) is 36.6 Å². The van der Waals surface area contributed by atoms with Crippen molar-refractivity contribution < 1.29 is 14.3 Å². The predicted octanol–water partition coefficient (Wildman–Crippen LogP) is 4.48. The fraction of sp³-hybridized carbons (Fsp3) is 0.207. The zero-order valence-corrected chi connectivity index (χ0v) is 20.6. The average molecular weight is 496 g/mol. The molecule has 5 rings (SSSR count). The summed E-state index contributed by atoms with van der Waals surface area (Å²) >= 11 is 0. The summed E-state index contributed by atoms with van der Waals surface area (Å²) in [6.07, 6.45) is 1.56. The highest BCUT2D eigenvalue weighted by Gasteiger charge is 2.23. The van der Waals surface area contributed by atoms with Gasteiger partial charge in [-0.2, -0.15) is 0 Å². The number of hydrogen-bond donors (Lipinski definition) is 3. The van der Waals surface area contributed by atoms with Crippen LogP contribution in [0.3, 0.4) is 0 Å². The van der Waals surface area contributed by atoms with Gasteiger partial charge in [0.2, 0.25) is 5.91 Å². The maximum Gasteiger partial charge on any atom is 0.408 e. The molecule has 0 unspecified atom stereocenters. The van der Waals surface area contributed by atoms with Crippen LogP contribution in [-0.2, 0) is 29.1 Å². The van der Waals surface area contributed by atoms with Crippen molar-refractivity contribution in [1.29, 1.82) is 0 Å². The van der Waals surface area contributed by atoms with Gasteiger partial charge in [0.05, 0.1) is 11.0 Å². The van der Waals surface area contributed by atoms with Crippen LogP contribution >= 0.6 is 0 Å². The molecule has 0 aliphatic carbocycles. The van der Waals surface area contributed by atoms with Gasteiger partial charge < -0.3 is 24.9 Å². The van der Waals surface area contributed by atoms with E-state index in [4.69, 9.17) is 4.74 Å². The zero-order valence-electron chi connectivity index (χ0n) is 20.6. The number of nitrogens with one attached hydrogen (secondary N) is 3. The number of rotatable bonds is 9. The minimum absolute atomic E-state index is 0.126. The number of amides is 2. The van der Waals surface area contributed by atoms with Crippen LogP contribution in [0, 0.1) is 6.92 Å². The van der Waals surface area contributed by atoms with E-state index < -0.39 is 12.1 Å². The normalized spacial score (nSPS) is 11.9. The maximum absolute atomic E-state index is 13.3. The SMILES string of the molecule is Cc1nc2ccccc2n1CCNC(=O)[C@H](Cc1c[nH]c2ccccc12)NC(=O)OCc1ccccc1. The Morgan fingerprint density at radius 2 is 1.76 bits per heavy atom. The Labute approximate surface area is 214 Å². The molecule has 2 aromatic heterocycles. The van der Waals surface area contributed by atoms with Crippen LogP contribution in [0.2, 0.25) is 0 Å². The van der Waals surface area contributed by atoms with Crippen molar-refractivity contribution in [3.63, 3.8) is 0 Å². The van der Waals surface area contributed by atoms with Crippen molar-refractivity contribution in [2.24, 2.45) is 0 Å². The van der Waals surface area contributed by atoms with E-state index in [1.165, 1.54) is 0 Å². The Bertz CT molecular complexity index is 1520. The number of H-pyrrole nitrogens is 1. The Kier molecular flexibility index (Phi) is 7.16. The Morgan fingerprint density at radius 3 is 2.62 bits per heavy atom. The summed E-state index contributed by atoms with van der Waals surface area (Å²) in [6.45, 7) is 3.04. The van der Waals surface area contributed by atoms with E-state index in [2.05, 4.69) is 25.2 Å². The number of hydrogen-bond acceptors (Lipinski definition) is 4. The number of para-hydroxylation sites is 3. The largest absolute Gasteiger partial charge is 0.445 e. The van der Waals surface area contributed by atoms with Crippen LogP contribution in [0.4, 0.5) is 4.79 Å². The topological polar surface area (TPSA) is 101 Å². The van der Waals surface area contributed by atoms with Crippen LogP contribution in [-0.4, -0.2) is 39.1 Å². The number of aromatic amines is 1. The monoisotopic (exact) mass is 495 g/mol. The van der Waals surface area contributed by atoms with Gasteiger partial charge in [-0.25, -0.2) is 9.78 Å². The lowest BCUT2D eigenvalue weighted by atomic mass is 10.0. The molecular weight excluding hydrogens is 466 g/mol. The maximum atomic E-state index is 13.3. The summed E-state index contributed by atoms with van der Waals surface area (Å²) in [6, 6.07) is 24.4. The highest BCUT2D eigenvalue weighted by molar-refractivity contribution is 5.88. The van der Waals surface area contributed by atoms with E-state index in [-0.39, 0.29) is 12.5 Å². The molecule has 0 spiro atoms. The summed E-state index contributed by atoms with van der Waals surface area (Å²) in [5, 5.41) is 6.77. The highest BCUT2D eigenvalue weighted by Crippen LogP contribution is 2.19. The van der Waals surface area contributed by atoms with Gasteiger partial charge in [0.15, 0.2) is 0 Å². The number of benzene rings is 3. The Morgan fingerprint density at radius 1 is 1.00 bits per heavy atom. The Balaban J connectivity index is 1.27. The molecule has 0 bridgehead atoms. The van der Waals surface area contributed by atoms with Gasteiger partial charge in [0.25, 0.3) is 0 Å². The number of ether oxygens (including phenoxy) is 1. The summed E-state index contributed by atoms with van der Waals surface area (Å²) in [5.74, 6) is 0.609. The fourth-order valence-electron chi connectivity index (χ4n) is 4.53. The predicted molar refractivity (Wildman–Crippen MR) is 143 cm³/mol. The lowest BCUT2D eigenvalue weighted by Crippen LogP contribution is -2.48. The molecule has 0 aliphatic heterocycles. The molecule has 0 aliphatic rings. The van der Waals surface area contributed by atoms with Crippen molar-refractivity contribution in [2.45, 2.75) is 32.5 Å². The number of aromatic nitrogens is 3. The third kappa shape index (κ3) is 5.64. The van der Waals surface area contributed by atoms with E-state index in [0.29, 0.717) is 19.5 Å². The smallest absolute Gasteiger partial charge is 0.408 e. The van der Waals surface area contributed by atoms with Crippen LogP contribution in [0.15, 0.2) is 85.1 Å². The van der Waals surface area contributed by atoms with Gasteiger partial charge in [-0.3, -0.25) is 4.79 Å². The van der Waals surface area contributed by atoms with E-state index in [1.807, 2.05) is 92.0 Å². The van der Waals surface area contributed by atoms with Crippen molar-refractivity contribution in [1.82, 2.24) is 25.2 Å². The van der Waals surface area contributed by atoms with Gasteiger partial charge in [-0.05, 0) is 36.2 Å². The minimum atomic E-state index is -0.803. The summed E-state index contributed by atoms with van der Waals surface area (Å²) in [4.78, 5) is 33.7. The molecule has 0 fully saturated rings. The quantitative estimate of drug-likeness (QED) is 0.281. The van der Waals surface area contributed by atoms with E-state index in [0.717, 1.165) is 38.9 Å². The lowest BCUT2D eigenvalue weighted by Gasteiger charge is -2.19. The van der Waals surface area contributed by atoms with Crippen LogP contribution in [0.1, 0.15) is 17.0 Å². The van der Waals surface area contributed by atoms with Crippen LogP contribution in [0.25, 0.3) is 21.9 Å². The summed E-state index contributed by atoms with van der Waals surface area (Å²) in [5.41, 5.74) is 4.73. The first kappa shape index (κ1) is 24.1. The minimum Gasteiger partial charge on any atom is -0.445 e. The third-order valence-electron chi connectivity index (χ3n) is 6.40. The first-order valence-electron chi connectivity index (χ1n) is 12.3. The number of imidazole rings is 1. The molecule has 8 nitrogen and oxygen atoms in total. The first-order chi connectivity index (χ1) is 18.1. The van der Waals surface area contributed by atoms with Gasteiger partial charge >= 0.3 is 6.09 Å². The average Bonchev–Trinajstić information content (AvgIpc) is 3.47. The molecule has 0 saturated carbocycles. The number of nitrogens with zero attached hydrogens (tertiary/aromatic N) is 2. The highest BCUT2D eigenvalue weighted by atomic mass is 16.5. The van der Waals surface area contributed by atoms with E-state index >= 15 is 0 Å².